The molecule has 1 fully saturated rings. The lowest BCUT2D eigenvalue weighted by Crippen LogP contribution is -2.37. The number of aryl methyl sites for hydroxylation is 1. The van der Waals surface area contributed by atoms with E-state index >= 15 is 0 Å². The molecule has 0 radical (unpaired) electrons. The number of halogens is 2. The van der Waals surface area contributed by atoms with Crippen LogP contribution < -0.4 is 15.4 Å². The van der Waals surface area contributed by atoms with Crippen molar-refractivity contribution < 1.29 is 18.3 Å². The van der Waals surface area contributed by atoms with Crippen LogP contribution in [0.15, 0.2) is 52.7 Å². The maximum absolute atomic E-state index is 14.8. The molecule has 2 aromatic rings. The minimum Gasteiger partial charge on any atom is -0.494 e. The van der Waals surface area contributed by atoms with Crippen LogP contribution in [0.2, 0.25) is 0 Å². The minimum absolute atomic E-state index is 0.121. The summed E-state index contributed by atoms with van der Waals surface area (Å²) < 4.78 is 39.4. The van der Waals surface area contributed by atoms with Gasteiger partial charge in [-0.2, -0.15) is 4.39 Å². The zero-order chi connectivity index (χ0) is 24.4. The number of nitrogens with one attached hydrogen (secondary N) is 2. The number of ether oxygens (including phenoxy) is 2. The van der Waals surface area contributed by atoms with Gasteiger partial charge >= 0.3 is 0 Å². The molecule has 3 aliphatic rings. The Morgan fingerprint density at radius 1 is 1.14 bits per heavy atom. The van der Waals surface area contributed by atoms with Crippen molar-refractivity contribution in [2.24, 2.45) is 15.9 Å². The van der Waals surface area contributed by atoms with E-state index in [4.69, 9.17) is 9.47 Å². The van der Waals surface area contributed by atoms with Crippen molar-refractivity contribution >= 4 is 23.0 Å². The van der Waals surface area contributed by atoms with E-state index in [0.29, 0.717) is 17.6 Å². The molecule has 0 amide bonds. The van der Waals surface area contributed by atoms with Crippen molar-refractivity contribution in [3.8, 4) is 5.75 Å². The summed E-state index contributed by atoms with van der Waals surface area (Å²) in [6.45, 7) is 4.97. The van der Waals surface area contributed by atoms with Gasteiger partial charge in [-0.1, -0.05) is 6.07 Å². The Bertz CT molecular complexity index is 1190. The molecule has 5 rings (SSSR count). The highest BCUT2D eigenvalue weighted by Gasteiger charge is 2.34. The number of fused-ring (bicyclic) bond motifs is 1. The number of rotatable bonds is 6. The van der Waals surface area contributed by atoms with Crippen LogP contribution in [0.1, 0.15) is 30.0 Å². The van der Waals surface area contributed by atoms with E-state index in [1.807, 2.05) is 11.0 Å². The van der Waals surface area contributed by atoms with Crippen LogP contribution in [0.25, 0.3) is 0 Å². The molecule has 0 aromatic heterocycles. The summed E-state index contributed by atoms with van der Waals surface area (Å²) in [5.41, 5.74) is 3.32. The average Bonchev–Trinajstić information content (AvgIpc) is 3.31. The van der Waals surface area contributed by atoms with E-state index in [2.05, 4.69) is 39.7 Å². The molecule has 0 saturated carbocycles. The molecule has 0 spiro atoms. The van der Waals surface area contributed by atoms with E-state index in [9.17, 15) is 8.78 Å². The number of aliphatic imine (C=N–C) groups is 2. The maximum atomic E-state index is 14.8. The monoisotopic (exact) mass is 481 g/mol. The van der Waals surface area contributed by atoms with Gasteiger partial charge in [0, 0.05) is 49.1 Å². The third-order valence-electron chi connectivity index (χ3n) is 6.70. The second-order valence-electron chi connectivity index (χ2n) is 8.94. The molecular weight excluding hydrogens is 452 g/mol. The number of nitrogens with zero attached hydrogens (tertiary/aromatic N) is 3. The van der Waals surface area contributed by atoms with Crippen LogP contribution in [-0.2, 0) is 4.74 Å². The highest BCUT2D eigenvalue weighted by Crippen LogP contribution is 2.34. The first-order valence-electron chi connectivity index (χ1n) is 11.8. The summed E-state index contributed by atoms with van der Waals surface area (Å²) >= 11 is 0. The quantitative estimate of drug-likeness (QED) is 0.616. The highest BCUT2D eigenvalue weighted by molar-refractivity contribution is 6.45. The molecule has 1 unspecified atom stereocenters. The Kier molecular flexibility index (Phi) is 6.68. The molecule has 9 heteroatoms. The van der Waals surface area contributed by atoms with E-state index in [1.54, 1.807) is 18.5 Å². The van der Waals surface area contributed by atoms with Crippen molar-refractivity contribution in [3.05, 3.63) is 65.5 Å². The lowest BCUT2D eigenvalue weighted by atomic mass is 10.00. The zero-order valence-corrected chi connectivity index (χ0v) is 19.9. The Morgan fingerprint density at radius 2 is 1.97 bits per heavy atom. The van der Waals surface area contributed by atoms with Gasteiger partial charge in [-0.3, -0.25) is 4.99 Å². The second kappa shape index (κ2) is 10.0. The van der Waals surface area contributed by atoms with E-state index in [1.165, 1.54) is 13.2 Å². The lowest BCUT2D eigenvalue weighted by molar-refractivity contribution is 0.0699. The standard InChI is InChI=1S/C26H29F2N5O2/c1-16-13-18(3-5-20(16)30-14-17-7-11-35-12-8-17)32-25-26-31-15-21(33(26)10-9-29-25)19-4-6-22(34-2)24(28)23(19)27/h3-6,9-10,13,17,21,30H,7-8,11-12,14-15H2,1-2H3,(H,29,32). The number of benzene rings is 2. The van der Waals surface area contributed by atoms with Gasteiger partial charge in [0.2, 0.25) is 5.82 Å². The number of methoxy groups -OCH3 is 1. The van der Waals surface area contributed by atoms with Crippen LogP contribution >= 0.6 is 0 Å². The van der Waals surface area contributed by atoms with E-state index in [0.717, 1.165) is 49.5 Å². The summed E-state index contributed by atoms with van der Waals surface area (Å²) in [5, 5.41) is 6.90. The third-order valence-corrected chi connectivity index (χ3v) is 6.70. The molecule has 0 bridgehead atoms. The largest absolute Gasteiger partial charge is 0.494 e. The SMILES string of the molecule is COc1ccc(C2CN=C3C(Nc4ccc(NCC5CCOCC5)c(C)c4)=NC=CN32)c(F)c1F. The molecular formula is C26H29F2N5O2. The van der Waals surface area contributed by atoms with Gasteiger partial charge in [0.15, 0.2) is 23.2 Å². The Hall–Kier alpha value is -3.46. The van der Waals surface area contributed by atoms with Crippen LogP contribution in [0, 0.1) is 24.5 Å². The second-order valence-corrected chi connectivity index (χ2v) is 8.94. The Morgan fingerprint density at radius 3 is 2.74 bits per heavy atom. The molecule has 2 N–H and O–H groups in total. The fourth-order valence-corrected chi connectivity index (χ4v) is 4.68. The topological polar surface area (TPSA) is 70.5 Å². The van der Waals surface area contributed by atoms with Gasteiger partial charge in [-0.25, -0.2) is 9.38 Å². The first kappa shape index (κ1) is 23.3. The first-order chi connectivity index (χ1) is 17.0. The zero-order valence-electron chi connectivity index (χ0n) is 19.9. The number of hydrogen-bond acceptors (Lipinski definition) is 7. The molecule has 3 aliphatic heterocycles. The van der Waals surface area contributed by atoms with E-state index < -0.39 is 17.7 Å². The lowest BCUT2D eigenvalue weighted by Gasteiger charge is -2.27. The van der Waals surface area contributed by atoms with E-state index in [-0.39, 0.29) is 17.9 Å². The van der Waals surface area contributed by atoms with Crippen molar-refractivity contribution in [1.82, 2.24) is 4.90 Å². The van der Waals surface area contributed by atoms with Crippen molar-refractivity contribution in [3.63, 3.8) is 0 Å². The molecule has 2 aromatic carbocycles. The molecule has 184 valence electrons. The predicted octanol–water partition coefficient (Wildman–Crippen LogP) is 4.87. The summed E-state index contributed by atoms with van der Waals surface area (Å²) in [7, 11) is 1.31. The Labute approximate surface area is 203 Å². The minimum atomic E-state index is -0.993. The summed E-state index contributed by atoms with van der Waals surface area (Å²) in [4.78, 5) is 10.8. The number of anilines is 2. The fraction of sp³-hybridized carbons (Fsp3) is 0.385. The summed E-state index contributed by atoms with van der Waals surface area (Å²) in [6, 6.07) is 8.63. The van der Waals surface area contributed by atoms with Crippen molar-refractivity contribution in [2.75, 3.05) is 44.0 Å². The molecule has 35 heavy (non-hydrogen) atoms. The van der Waals surface area contributed by atoms with Gasteiger partial charge in [0.1, 0.15) is 0 Å². The predicted molar refractivity (Wildman–Crippen MR) is 133 cm³/mol. The van der Waals surface area contributed by atoms with Crippen LogP contribution in [0.4, 0.5) is 20.2 Å². The highest BCUT2D eigenvalue weighted by atomic mass is 19.2. The van der Waals surface area contributed by atoms with Crippen LogP contribution in [0.5, 0.6) is 5.75 Å². The third kappa shape index (κ3) is 4.73. The number of amidine groups is 2. The molecule has 0 aliphatic carbocycles. The molecule has 1 saturated heterocycles. The maximum Gasteiger partial charge on any atom is 0.200 e. The molecule has 3 heterocycles. The number of hydrogen-bond donors (Lipinski definition) is 2. The van der Waals surface area contributed by atoms with Gasteiger partial charge in [0.05, 0.1) is 19.7 Å². The first-order valence-corrected chi connectivity index (χ1v) is 11.8. The van der Waals surface area contributed by atoms with Crippen molar-refractivity contribution in [2.45, 2.75) is 25.8 Å². The molecule has 7 nitrogen and oxygen atoms in total. The van der Waals surface area contributed by atoms with Crippen molar-refractivity contribution in [1.29, 1.82) is 0 Å². The normalized spacial score (nSPS) is 19.8. The Balaban J connectivity index is 1.27. The summed E-state index contributed by atoms with van der Waals surface area (Å²) in [5.74, 6) is -0.250. The van der Waals surface area contributed by atoms with Gasteiger partial charge in [-0.15, -0.1) is 0 Å². The van der Waals surface area contributed by atoms with Gasteiger partial charge in [0.25, 0.3) is 0 Å². The van der Waals surface area contributed by atoms with Crippen LogP contribution in [0.3, 0.4) is 0 Å². The van der Waals surface area contributed by atoms with Crippen LogP contribution in [-0.4, -0.2) is 50.0 Å². The molecule has 1 atom stereocenters. The summed E-state index contributed by atoms with van der Waals surface area (Å²) in [6.07, 6.45) is 5.54. The van der Waals surface area contributed by atoms with Gasteiger partial charge in [-0.05, 0) is 55.5 Å². The van der Waals surface area contributed by atoms with Gasteiger partial charge < -0.3 is 25.0 Å². The average molecular weight is 482 g/mol. The fourth-order valence-electron chi connectivity index (χ4n) is 4.68. The smallest absolute Gasteiger partial charge is 0.200 e.